The van der Waals surface area contributed by atoms with Gasteiger partial charge in [-0.05, 0) is 5.54 Å². The highest BCUT2D eigenvalue weighted by molar-refractivity contribution is 6.12. The van der Waals surface area contributed by atoms with Crippen LogP contribution in [0.15, 0.2) is 12.2 Å². The van der Waals surface area contributed by atoms with Crippen LogP contribution in [0.25, 0.3) is 0 Å². The Morgan fingerprint density at radius 3 is 2.29 bits per heavy atom. The Kier molecular flexibility index (Phi) is 2.83. The molecule has 0 saturated heterocycles. The third-order valence-electron chi connectivity index (χ3n) is 0.656. The second-order valence-corrected chi connectivity index (χ2v) is 3.38. The van der Waals surface area contributed by atoms with E-state index in [0.29, 0.717) is 10.2 Å². The molecule has 0 spiro atoms. The van der Waals surface area contributed by atoms with Gasteiger partial charge in [-0.2, -0.15) is 0 Å². The lowest BCUT2D eigenvalue weighted by Crippen LogP contribution is -1.82. The van der Waals surface area contributed by atoms with E-state index >= 15 is 0 Å². The van der Waals surface area contributed by atoms with E-state index in [9.17, 15) is 8.78 Å². The van der Waals surface area contributed by atoms with Crippen molar-refractivity contribution < 1.29 is 8.78 Å². The molecular weight excluding hydrogens is 114 g/mol. The summed E-state index contributed by atoms with van der Waals surface area (Å²) in [6.07, 6.45) is 0.0255. The largest absolute Gasteiger partial charge is 0.213 e. The van der Waals surface area contributed by atoms with Gasteiger partial charge in [0.05, 0.1) is 0 Å². The van der Waals surface area contributed by atoms with Crippen molar-refractivity contribution in [1.29, 1.82) is 0 Å². The van der Waals surface area contributed by atoms with Crippen molar-refractivity contribution in [2.75, 3.05) is 0 Å². The summed E-state index contributed by atoms with van der Waals surface area (Å²) < 4.78 is 22.9. The fraction of sp³-hybridized carbons (Fsp3) is 0.500. The highest BCUT2D eigenvalue weighted by Gasteiger charge is 1.97. The van der Waals surface area contributed by atoms with Crippen LogP contribution in [0.1, 0.15) is 6.92 Å². The molecule has 0 aromatic heterocycles. The van der Waals surface area contributed by atoms with Crippen LogP contribution in [-0.4, -0.2) is 10.2 Å². The smallest absolute Gasteiger partial charge is 0.127 e. The van der Waals surface area contributed by atoms with Gasteiger partial charge in [-0.15, -0.1) is 0 Å². The van der Waals surface area contributed by atoms with E-state index in [4.69, 9.17) is 0 Å². The maximum Gasteiger partial charge on any atom is 0.127 e. The quantitative estimate of drug-likeness (QED) is 0.454. The normalized spacial score (nSPS) is 17.3. The molecule has 1 atom stereocenters. The minimum atomic E-state index is -0.633. The van der Waals surface area contributed by atoms with E-state index in [2.05, 4.69) is 0 Å². The highest BCUT2D eigenvalue weighted by Crippen LogP contribution is 2.12. The van der Waals surface area contributed by atoms with E-state index in [0.717, 1.165) is 0 Å². The molecular formula is C4H8F2Si. The second kappa shape index (κ2) is 2.90. The number of allylic oxidation sites excluding steroid dienone is 1. The van der Waals surface area contributed by atoms with E-state index < -0.39 is 5.83 Å². The molecule has 0 radical (unpaired) electrons. The van der Waals surface area contributed by atoms with Gasteiger partial charge in [-0.25, -0.2) is 8.78 Å². The van der Waals surface area contributed by atoms with Crippen LogP contribution in [0, 0.1) is 0 Å². The second-order valence-electron chi connectivity index (χ2n) is 1.65. The summed E-state index contributed by atoms with van der Waals surface area (Å²) in [6, 6.07) is 0. The predicted molar refractivity (Wildman–Crippen MR) is 29.7 cm³/mol. The summed E-state index contributed by atoms with van der Waals surface area (Å²) in [5.41, 5.74) is -0.176. The van der Waals surface area contributed by atoms with Crippen molar-refractivity contribution in [1.82, 2.24) is 0 Å². The Hall–Kier alpha value is -0.183. The molecule has 0 bridgehead atoms. The average Bonchev–Trinajstić information content (AvgIpc) is 1.65. The van der Waals surface area contributed by atoms with Crippen LogP contribution in [0.3, 0.4) is 0 Å². The van der Waals surface area contributed by atoms with Crippen molar-refractivity contribution >= 4 is 10.2 Å². The van der Waals surface area contributed by atoms with Gasteiger partial charge in [0.15, 0.2) is 0 Å². The number of halogens is 2. The summed E-state index contributed by atoms with van der Waals surface area (Å²) in [7, 11) is 0.679. The van der Waals surface area contributed by atoms with Crippen LogP contribution in [0.4, 0.5) is 8.78 Å². The van der Waals surface area contributed by atoms with Crippen molar-refractivity contribution in [3.63, 3.8) is 0 Å². The zero-order chi connectivity index (χ0) is 5.86. The molecule has 0 aliphatic heterocycles. The van der Waals surface area contributed by atoms with Gasteiger partial charge in [-0.3, -0.25) is 0 Å². The van der Waals surface area contributed by atoms with E-state index in [1.807, 2.05) is 0 Å². The van der Waals surface area contributed by atoms with Crippen molar-refractivity contribution in [3.8, 4) is 0 Å². The third kappa shape index (κ3) is 2.50. The fourth-order valence-corrected chi connectivity index (χ4v) is 0.252. The first-order chi connectivity index (χ1) is 3.18. The Morgan fingerprint density at radius 2 is 2.29 bits per heavy atom. The lowest BCUT2D eigenvalue weighted by atomic mass is 10.4. The molecule has 0 aliphatic carbocycles. The third-order valence-corrected chi connectivity index (χ3v) is 1.21. The topological polar surface area (TPSA) is 0 Å². The van der Waals surface area contributed by atoms with E-state index in [-0.39, 0.29) is 11.9 Å². The first kappa shape index (κ1) is 6.82. The first-order valence-corrected chi connectivity index (χ1v) is 3.29. The van der Waals surface area contributed by atoms with E-state index in [1.165, 1.54) is 0 Å². The molecule has 0 rings (SSSR count). The Morgan fingerprint density at radius 1 is 1.86 bits per heavy atom. The molecule has 1 unspecified atom stereocenters. The Labute approximate surface area is 44.6 Å². The van der Waals surface area contributed by atoms with Gasteiger partial charge in [0.2, 0.25) is 0 Å². The van der Waals surface area contributed by atoms with Crippen molar-refractivity contribution in [3.05, 3.63) is 12.2 Å². The SMILES string of the molecule is CC([SiH3])C(F)=CF. The molecule has 0 aromatic rings. The highest BCUT2D eigenvalue weighted by atomic mass is 28.1. The van der Waals surface area contributed by atoms with Crippen molar-refractivity contribution in [2.45, 2.75) is 12.5 Å². The van der Waals surface area contributed by atoms with Gasteiger partial charge < -0.3 is 0 Å². The lowest BCUT2D eigenvalue weighted by Gasteiger charge is -1.93. The summed E-state index contributed by atoms with van der Waals surface area (Å²) in [5.74, 6) is -0.633. The van der Waals surface area contributed by atoms with Gasteiger partial charge in [0.25, 0.3) is 0 Å². The molecule has 0 N–H and O–H groups in total. The van der Waals surface area contributed by atoms with Gasteiger partial charge >= 0.3 is 0 Å². The molecule has 3 heteroatoms. The van der Waals surface area contributed by atoms with Crippen LogP contribution in [0.2, 0.25) is 5.54 Å². The summed E-state index contributed by atoms with van der Waals surface area (Å²) in [6.45, 7) is 1.65. The first-order valence-electron chi connectivity index (χ1n) is 2.14. The summed E-state index contributed by atoms with van der Waals surface area (Å²) in [4.78, 5) is 0. The molecule has 42 valence electrons. The number of hydrogen-bond donors (Lipinski definition) is 0. The summed E-state index contributed by atoms with van der Waals surface area (Å²) in [5, 5.41) is 0. The number of rotatable bonds is 1. The maximum atomic E-state index is 11.8. The zero-order valence-electron chi connectivity index (χ0n) is 4.41. The molecule has 0 aromatic carbocycles. The fourth-order valence-electron chi connectivity index (χ4n) is 0.126. The van der Waals surface area contributed by atoms with Gasteiger partial charge in [0, 0.05) is 10.2 Å². The summed E-state index contributed by atoms with van der Waals surface area (Å²) >= 11 is 0. The van der Waals surface area contributed by atoms with Crippen molar-refractivity contribution in [2.24, 2.45) is 0 Å². The molecule has 7 heavy (non-hydrogen) atoms. The number of hydrogen-bond acceptors (Lipinski definition) is 0. The zero-order valence-corrected chi connectivity index (χ0v) is 6.41. The molecule has 0 saturated carbocycles. The van der Waals surface area contributed by atoms with Gasteiger partial charge in [0.1, 0.15) is 12.2 Å². The van der Waals surface area contributed by atoms with Crippen LogP contribution in [-0.2, 0) is 0 Å². The Bertz CT molecular complexity index is 77.8. The minimum Gasteiger partial charge on any atom is -0.213 e. The van der Waals surface area contributed by atoms with Gasteiger partial charge in [-0.1, -0.05) is 6.92 Å². The van der Waals surface area contributed by atoms with Crippen LogP contribution < -0.4 is 0 Å². The van der Waals surface area contributed by atoms with Crippen LogP contribution >= 0.6 is 0 Å². The predicted octanol–water partition coefficient (Wildman–Crippen LogP) is 0.941. The molecule has 0 aliphatic rings. The Balaban J connectivity index is 3.56. The minimum absolute atomic E-state index is 0.0255. The lowest BCUT2D eigenvalue weighted by molar-refractivity contribution is 0.558. The maximum absolute atomic E-state index is 11.8. The molecule has 0 fully saturated rings. The van der Waals surface area contributed by atoms with E-state index in [1.54, 1.807) is 6.92 Å². The molecule has 0 amide bonds. The van der Waals surface area contributed by atoms with Crippen LogP contribution in [0.5, 0.6) is 0 Å². The molecule has 0 nitrogen and oxygen atoms in total. The molecule has 0 heterocycles. The average molecular weight is 122 g/mol. The standard InChI is InChI=1S/C4H8F2Si/c1-3(7)4(6)2-5/h2-3H,1,7H3. The monoisotopic (exact) mass is 122 g/mol.